The average Bonchev–Trinajstić information content (AvgIpc) is 3.32. The van der Waals surface area contributed by atoms with Crippen molar-refractivity contribution < 1.29 is 9.59 Å². The number of hydrogen-bond donors (Lipinski definition) is 4. The molecule has 0 aliphatic carbocycles. The Morgan fingerprint density at radius 3 is 2.69 bits per heavy atom. The zero-order valence-electron chi connectivity index (χ0n) is 18.0. The van der Waals surface area contributed by atoms with E-state index >= 15 is 0 Å². The Morgan fingerprint density at radius 2 is 1.91 bits per heavy atom. The number of para-hydroxylation sites is 1. The number of fused-ring (bicyclic) bond motifs is 1. The minimum absolute atomic E-state index is 0.161. The highest BCUT2D eigenvalue weighted by Crippen LogP contribution is 2.17. The molecule has 5 N–H and O–H groups in total. The lowest BCUT2D eigenvalue weighted by molar-refractivity contribution is -0.127. The van der Waals surface area contributed by atoms with Crippen LogP contribution in [0.1, 0.15) is 18.4 Å². The SMILES string of the molecule is NC[C@@H]1CN[C@H](C(=O)N[C@H](CCc2ccccc2)C(=O)Nc2cnc3ccccc3c2)C1. The third-order valence-electron chi connectivity index (χ3n) is 5.93. The van der Waals surface area contributed by atoms with Crippen molar-refractivity contribution in [2.75, 3.05) is 18.4 Å². The Bertz CT molecular complexity index is 1070. The number of nitrogens with two attached hydrogens (primary N) is 1. The lowest BCUT2D eigenvalue weighted by Crippen LogP contribution is -2.50. The highest BCUT2D eigenvalue weighted by molar-refractivity contribution is 5.99. The van der Waals surface area contributed by atoms with Gasteiger partial charge < -0.3 is 21.7 Å². The molecule has 2 amide bonds. The minimum atomic E-state index is -0.659. The van der Waals surface area contributed by atoms with Gasteiger partial charge in [0, 0.05) is 5.39 Å². The van der Waals surface area contributed by atoms with Crippen LogP contribution in [0.25, 0.3) is 10.9 Å². The van der Waals surface area contributed by atoms with Gasteiger partial charge in [-0.15, -0.1) is 0 Å². The van der Waals surface area contributed by atoms with E-state index in [1.54, 1.807) is 6.20 Å². The molecule has 1 aliphatic heterocycles. The van der Waals surface area contributed by atoms with Crippen molar-refractivity contribution in [1.82, 2.24) is 15.6 Å². The molecular weight excluding hydrogens is 402 g/mol. The number of rotatable bonds is 8. The fourth-order valence-corrected chi connectivity index (χ4v) is 4.05. The summed E-state index contributed by atoms with van der Waals surface area (Å²) in [6, 6.07) is 18.6. The zero-order valence-corrected chi connectivity index (χ0v) is 18.0. The smallest absolute Gasteiger partial charge is 0.247 e. The quantitative estimate of drug-likeness (QED) is 0.437. The topological polar surface area (TPSA) is 109 Å². The molecule has 0 spiro atoms. The first-order valence-corrected chi connectivity index (χ1v) is 11.1. The fourth-order valence-electron chi connectivity index (χ4n) is 4.05. The number of carbonyl (C=O) groups is 2. The van der Waals surface area contributed by atoms with Crippen molar-refractivity contribution in [3.8, 4) is 0 Å². The molecule has 7 heteroatoms. The van der Waals surface area contributed by atoms with Crippen LogP contribution < -0.4 is 21.7 Å². The molecule has 1 aromatic heterocycles. The second-order valence-electron chi connectivity index (χ2n) is 8.29. The van der Waals surface area contributed by atoms with Crippen LogP contribution in [0.2, 0.25) is 0 Å². The van der Waals surface area contributed by atoms with Crippen molar-refractivity contribution in [3.63, 3.8) is 0 Å². The number of nitrogens with one attached hydrogen (secondary N) is 3. The van der Waals surface area contributed by atoms with Crippen LogP contribution >= 0.6 is 0 Å². The lowest BCUT2D eigenvalue weighted by atomic mass is 10.0. The Balaban J connectivity index is 1.46. The van der Waals surface area contributed by atoms with Crippen molar-refractivity contribution >= 4 is 28.4 Å². The standard InChI is InChI=1S/C25H29N5O2/c26-14-18-12-23(27-15-18)25(32)30-22(11-10-17-6-2-1-3-7-17)24(31)29-20-13-19-8-4-5-9-21(19)28-16-20/h1-9,13,16,18,22-23,27H,10-12,14-15,26H2,(H,29,31)(H,30,32)/t18-,22-,23+/m1/s1. The number of aromatic nitrogens is 1. The van der Waals surface area contributed by atoms with Gasteiger partial charge in [0.15, 0.2) is 0 Å². The summed E-state index contributed by atoms with van der Waals surface area (Å²) in [5.41, 5.74) is 8.33. The molecule has 2 aromatic carbocycles. The Labute approximate surface area is 187 Å². The third kappa shape index (κ3) is 5.49. The van der Waals surface area contributed by atoms with E-state index < -0.39 is 6.04 Å². The number of nitrogens with zero attached hydrogens (tertiary/aromatic N) is 1. The van der Waals surface area contributed by atoms with E-state index in [0.717, 1.165) is 23.0 Å². The number of hydrogen-bond acceptors (Lipinski definition) is 5. The number of anilines is 1. The van der Waals surface area contributed by atoms with Gasteiger partial charge in [0.25, 0.3) is 0 Å². The predicted octanol–water partition coefficient (Wildman–Crippen LogP) is 2.23. The first-order chi connectivity index (χ1) is 15.6. The summed E-state index contributed by atoms with van der Waals surface area (Å²) in [5.74, 6) is -0.128. The third-order valence-corrected chi connectivity index (χ3v) is 5.93. The molecule has 7 nitrogen and oxygen atoms in total. The van der Waals surface area contributed by atoms with Crippen LogP contribution in [0.5, 0.6) is 0 Å². The predicted molar refractivity (Wildman–Crippen MR) is 126 cm³/mol. The summed E-state index contributed by atoms with van der Waals surface area (Å²) in [6.07, 6.45) is 3.50. The van der Waals surface area contributed by atoms with Crippen LogP contribution in [-0.4, -0.2) is 42.0 Å². The summed E-state index contributed by atoms with van der Waals surface area (Å²) in [5, 5.41) is 10.0. The highest BCUT2D eigenvalue weighted by Gasteiger charge is 2.31. The Hall–Kier alpha value is -3.29. The molecule has 166 valence electrons. The number of amides is 2. The molecule has 2 heterocycles. The normalized spacial score (nSPS) is 18.9. The highest BCUT2D eigenvalue weighted by atomic mass is 16.2. The van der Waals surface area contributed by atoms with Gasteiger partial charge in [-0.1, -0.05) is 48.5 Å². The second kappa shape index (κ2) is 10.3. The molecule has 0 saturated carbocycles. The maximum atomic E-state index is 13.1. The molecule has 3 aromatic rings. The largest absolute Gasteiger partial charge is 0.343 e. The van der Waals surface area contributed by atoms with Gasteiger partial charge in [0.1, 0.15) is 6.04 Å². The van der Waals surface area contributed by atoms with E-state index in [0.29, 0.717) is 31.5 Å². The van der Waals surface area contributed by atoms with E-state index in [1.165, 1.54) is 0 Å². The van der Waals surface area contributed by atoms with Gasteiger partial charge in [-0.25, -0.2) is 0 Å². The number of aryl methyl sites for hydroxylation is 1. The van der Waals surface area contributed by atoms with Gasteiger partial charge >= 0.3 is 0 Å². The van der Waals surface area contributed by atoms with Crippen LogP contribution in [0.3, 0.4) is 0 Å². The van der Waals surface area contributed by atoms with Crippen molar-refractivity contribution in [3.05, 3.63) is 72.4 Å². The molecular formula is C25H29N5O2. The number of benzene rings is 2. The Morgan fingerprint density at radius 1 is 1.12 bits per heavy atom. The molecule has 0 bridgehead atoms. The molecule has 4 rings (SSSR count). The monoisotopic (exact) mass is 431 g/mol. The second-order valence-corrected chi connectivity index (χ2v) is 8.29. The van der Waals surface area contributed by atoms with Crippen molar-refractivity contribution in [1.29, 1.82) is 0 Å². The lowest BCUT2D eigenvalue weighted by Gasteiger charge is -2.21. The first kappa shape index (κ1) is 21.9. The average molecular weight is 432 g/mol. The van der Waals surface area contributed by atoms with Crippen LogP contribution in [-0.2, 0) is 16.0 Å². The minimum Gasteiger partial charge on any atom is -0.343 e. The maximum absolute atomic E-state index is 13.1. The molecule has 1 fully saturated rings. The molecule has 32 heavy (non-hydrogen) atoms. The fraction of sp³-hybridized carbons (Fsp3) is 0.320. The van der Waals surface area contributed by atoms with Gasteiger partial charge in [-0.3, -0.25) is 14.6 Å². The van der Waals surface area contributed by atoms with E-state index in [2.05, 4.69) is 20.9 Å². The molecule has 0 radical (unpaired) electrons. The molecule has 3 atom stereocenters. The van der Waals surface area contributed by atoms with Crippen molar-refractivity contribution in [2.45, 2.75) is 31.3 Å². The molecule has 1 aliphatic rings. The molecule has 1 saturated heterocycles. The summed E-state index contributed by atoms with van der Waals surface area (Å²) in [4.78, 5) is 30.4. The summed E-state index contributed by atoms with van der Waals surface area (Å²) < 4.78 is 0. The Kier molecular flexibility index (Phi) is 7.09. The zero-order chi connectivity index (χ0) is 22.3. The van der Waals surface area contributed by atoms with E-state index in [1.807, 2.05) is 60.7 Å². The van der Waals surface area contributed by atoms with Crippen LogP contribution in [0.4, 0.5) is 5.69 Å². The van der Waals surface area contributed by atoms with E-state index in [9.17, 15) is 9.59 Å². The van der Waals surface area contributed by atoms with E-state index in [-0.39, 0.29) is 23.8 Å². The van der Waals surface area contributed by atoms with Gasteiger partial charge in [-0.2, -0.15) is 0 Å². The van der Waals surface area contributed by atoms with Crippen LogP contribution in [0.15, 0.2) is 66.9 Å². The van der Waals surface area contributed by atoms with Crippen LogP contribution in [0, 0.1) is 5.92 Å². The van der Waals surface area contributed by atoms with Crippen molar-refractivity contribution in [2.24, 2.45) is 11.7 Å². The van der Waals surface area contributed by atoms with Gasteiger partial charge in [0.2, 0.25) is 11.8 Å². The summed E-state index contributed by atoms with van der Waals surface area (Å²) in [6.45, 7) is 1.27. The van der Waals surface area contributed by atoms with Gasteiger partial charge in [-0.05, 0) is 56.0 Å². The summed E-state index contributed by atoms with van der Waals surface area (Å²) in [7, 11) is 0. The number of carbonyl (C=O) groups excluding carboxylic acids is 2. The maximum Gasteiger partial charge on any atom is 0.247 e. The summed E-state index contributed by atoms with van der Waals surface area (Å²) >= 11 is 0. The van der Waals surface area contributed by atoms with E-state index in [4.69, 9.17) is 5.73 Å². The molecule has 0 unspecified atom stereocenters. The first-order valence-electron chi connectivity index (χ1n) is 11.1. The van der Waals surface area contributed by atoms with Gasteiger partial charge in [0.05, 0.1) is 23.4 Å². The number of pyridine rings is 1.